The summed E-state index contributed by atoms with van der Waals surface area (Å²) in [6, 6.07) is 4.70. The van der Waals surface area contributed by atoms with Gasteiger partial charge >= 0.3 is 5.97 Å². The summed E-state index contributed by atoms with van der Waals surface area (Å²) in [5.74, 6) is -1.42. The van der Waals surface area contributed by atoms with Crippen LogP contribution in [0.3, 0.4) is 0 Å². The summed E-state index contributed by atoms with van der Waals surface area (Å²) in [7, 11) is 0. The molecule has 21 heavy (non-hydrogen) atoms. The van der Waals surface area contributed by atoms with E-state index in [0.717, 1.165) is 0 Å². The first-order valence-corrected chi connectivity index (χ1v) is 6.72. The molecule has 0 spiro atoms. The molecule has 3 rings (SSSR count). The van der Waals surface area contributed by atoms with E-state index in [-0.39, 0.29) is 17.6 Å². The number of nitrogens with zero attached hydrogens (tertiary/aromatic N) is 4. The highest BCUT2D eigenvalue weighted by molar-refractivity contribution is 6.30. The molecule has 6 nitrogen and oxygen atoms in total. The lowest BCUT2D eigenvalue weighted by Crippen LogP contribution is -2.47. The van der Waals surface area contributed by atoms with Gasteiger partial charge in [-0.1, -0.05) is 22.9 Å². The third kappa shape index (κ3) is 2.88. The van der Waals surface area contributed by atoms with Crippen LogP contribution in [0.15, 0.2) is 24.4 Å². The molecule has 0 bridgehead atoms. The number of carbonyl (C=O) groups is 1. The number of hydrogen-bond acceptors (Lipinski definition) is 4. The summed E-state index contributed by atoms with van der Waals surface area (Å²) >= 11 is 5.71. The Hall–Kier alpha value is -1.99. The minimum Gasteiger partial charge on any atom is -0.476 e. The molecule has 1 N–H and O–H groups in total. The highest BCUT2D eigenvalue weighted by Crippen LogP contribution is 2.24. The molecule has 1 aliphatic rings. The molecule has 0 unspecified atom stereocenters. The molecule has 0 saturated carbocycles. The Morgan fingerprint density at radius 2 is 2.24 bits per heavy atom. The Balaban J connectivity index is 1.59. The zero-order chi connectivity index (χ0) is 15.0. The van der Waals surface area contributed by atoms with Gasteiger partial charge in [0.2, 0.25) is 0 Å². The average Bonchev–Trinajstić information content (AvgIpc) is 2.84. The summed E-state index contributed by atoms with van der Waals surface area (Å²) in [6.45, 7) is 1.83. The number of benzene rings is 1. The van der Waals surface area contributed by atoms with Gasteiger partial charge in [0.25, 0.3) is 0 Å². The molecule has 0 amide bonds. The first-order valence-electron chi connectivity index (χ1n) is 6.34. The third-order valence-corrected chi connectivity index (χ3v) is 3.69. The summed E-state index contributed by atoms with van der Waals surface area (Å²) < 4.78 is 15.2. The first kappa shape index (κ1) is 14.0. The SMILES string of the molecule is O=C(O)c1cn(C2CN(Cc3ccc(Cl)cc3F)C2)nn1. The van der Waals surface area contributed by atoms with Crippen LogP contribution in [-0.4, -0.2) is 44.1 Å². The van der Waals surface area contributed by atoms with Crippen molar-refractivity contribution in [2.75, 3.05) is 13.1 Å². The second kappa shape index (κ2) is 5.42. The standard InChI is InChI=1S/C13H12ClFN4O2/c14-9-2-1-8(11(15)3-9)4-18-5-10(6-18)19-7-12(13(20)21)16-17-19/h1-3,7,10H,4-6H2,(H,20,21). The molecule has 2 aromatic rings. The zero-order valence-corrected chi connectivity index (χ0v) is 11.7. The van der Waals surface area contributed by atoms with Crippen molar-refractivity contribution < 1.29 is 14.3 Å². The van der Waals surface area contributed by atoms with Crippen LogP contribution >= 0.6 is 11.6 Å². The molecular formula is C13H12ClFN4O2. The van der Waals surface area contributed by atoms with E-state index < -0.39 is 5.97 Å². The molecule has 110 valence electrons. The fourth-order valence-corrected chi connectivity index (χ4v) is 2.44. The maximum atomic E-state index is 13.7. The van der Waals surface area contributed by atoms with E-state index in [1.807, 2.05) is 4.90 Å². The van der Waals surface area contributed by atoms with Crippen LogP contribution in [-0.2, 0) is 6.54 Å². The predicted molar refractivity (Wildman–Crippen MR) is 72.7 cm³/mol. The van der Waals surface area contributed by atoms with Crippen molar-refractivity contribution in [3.63, 3.8) is 0 Å². The van der Waals surface area contributed by atoms with Crippen LogP contribution in [0.25, 0.3) is 0 Å². The van der Waals surface area contributed by atoms with E-state index in [4.69, 9.17) is 16.7 Å². The second-order valence-corrected chi connectivity index (χ2v) is 5.41. The largest absolute Gasteiger partial charge is 0.476 e. The molecule has 1 aromatic carbocycles. The quantitative estimate of drug-likeness (QED) is 0.933. The molecule has 0 aliphatic carbocycles. The number of carboxylic acids is 1. The fourth-order valence-electron chi connectivity index (χ4n) is 2.28. The van der Waals surface area contributed by atoms with Crippen molar-refractivity contribution in [2.24, 2.45) is 0 Å². The van der Waals surface area contributed by atoms with Gasteiger partial charge in [0.1, 0.15) is 5.82 Å². The van der Waals surface area contributed by atoms with Crippen LogP contribution in [0, 0.1) is 5.82 Å². The highest BCUT2D eigenvalue weighted by Gasteiger charge is 2.30. The Kier molecular flexibility index (Phi) is 3.60. The lowest BCUT2D eigenvalue weighted by atomic mass is 10.1. The Bertz CT molecular complexity index is 685. The smallest absolute Gasteiger partial charge is 0.358 e. The number of likely N-dealkylation sites (tertiary alicyclic amines) is 1. The van der Waals surface area contributed by atoms with Crippen LogP contribution in [0.2, 0.25) is 5.02 Å². The third-order valence-electron chi connectivity index (χ3n) is 3.45. The van der Waals surface area contributed by atoms with Crippen molar-refractivity contribution in [1.29, 1.82) is 0 Å². The Morgan fingerprint density at radius 3 is 2.86 bits per heavy atom. The lowest BCUT2D eigenvalue weighted by Gasteiger charge is -2.38. The summed E-state index contributed by atoms with van der Waals surface area (Å²) in [5.41, 5.74) is 0.514. The molecule has 1 fully saturated rings. The number of aromatic carboxylic acids is 1. The van der Waals surface area contributed by atoms with Crippen molar-refractivity contribution in [3.05, 3.63) is 46.5 Å². The summed E-state index contributed by atoms with van der Waals surface area (Å²) in [4.78, 5) is 12.8. The van der Waals surface area contributed by atoms with Crippen LogP contribution in [0.4, 0.5) is 4.39 Å². The van der Waals surface area contributed by atoms with Crippen molar-refractivity contribution in [2.45, 2.75) is 12.6 Å². The molecule has 1 aliphatic heterocycles. The minimum absolute atomic E-state index is 0.0703. The predicted octanol–water partition coefficient (Wildman–Crippen LogP) is 1.83. The Morgan fingerprint density at radius 1 is 1.48 bits per heavy atom. The zero-order valence-electron chi connectivity index (χ0n) is 10.9. The van der Waals surface area contributed by atoms with Gasteiger partial charge in [-0.05, 0) is 12.1 Å². The first-order chi connectivity index (χ1) is 10.0. The maximum absolute atomic E-state index is 13.7. The molecule has 2 heterocycles. The summed E-state index contributed by atoms with van der Waals surface area (Å²) in [6.07, 6.45) is 1.41. The molecule has 8 heteroatoms. The molecule has 0 atom stereocenters. The van der Waals surface area contributed by atoms with Gasteiger partial charge < -0.3 is 5.11 Å². The van der Waals surface area contributed by atoms with E-state index in [1.54, 1.807) is 12.1 Å². The molecule has 0 radical (unpaired) electrons. The monoisotopic (exact) mass is 310 g/mol. The van der Waals surface area contributed by atoms with E-state index in [1.165, 1.54) is 16.9 Å². The second-order valence-electron chi connectivity index (χ2n) is 4.97. The molecular weight excluding hydrogens is 299 g/mol. The Labute approximate surface area is 124 Å². The molecule has 1 saturated heterocycles. The lowest BCUT2D eigenvalue weighted by molar-refractivity contribution is 0.0690. The highest BCUT2D eigenvalue weighted by atomic mass is 35.5. The number of rotatable bonds is 4. The summed E-state index contributed by atoms with van der Waals surface area (Å²) in [5, 5.41) is 16.5. The van der Waals surface area contributed by atoms with Gasteiger partial charge in [-0.3, -0.25) is 4.90 Å². The van der Waals surface area contributed by atoms with Crippen LogP contribution < -0.4 is 0 Å². The van der Waals surface area contributed by atoms with Gasteiger partial charge in [0.05, 0.1) is 12.2 Å². The van der Waals surface area contributed by atoms with Gasteiger partial charge in [-0.15, -0.1) is 5.10 Å². The van der Waals surface area contributed by atoms with E-state index in [2.05, 4.69) is 10.3 Å². The van der Waals surface area contributed by atoms with Gasteiger partial charge in [-0.25, -0.2) is 13.9 Å². The maximum Gasteiger partial charge on any atom is 0.358 e. The topological polar surface area (TPSA) is 71.2 Å². The van der Waals surface area contributed by atoms with Gasteiger partial charge in [-0.2, -0.15) is 0 Å². The van der Waals surface area contributed by atoms with E-state index in [0.29, 0.717) is 30.2 Å². The molecule has 1 aromatic heterocycles. The van der Waals surface area contributed by atoms with E-state index in [9.17, 15) is 9.18 Å². The van der Waals surface area contributed by atoms with Crippen molar-refractivity contribution >= 4 is 17.6 Å². The minimum atomic E-state index is -1.10. The van der Waals surface area contributed by atoms with Gasteiger partial charge in [0.15, 0.2) is 5.69 Å². The van der Waals surface area contributed by atoms with Crippen molar-refractivity contribution in [3.8, 4) is 0 Å². The van der Waals surface area contributed by atoms with Crippen molar-refractivity contribution in [1.82, 2.24) is 19.9 Å². The van der Waals surface area contributed by atoms with E-state index >= 15 is 0 Å². The number of hydrogen-bond donors (Lipinski definition) is 1. The van der Waals surface area contributed by atoms with Gasteiger partial charge in [0, 0.05) is 30.2 Å². The van der Waals surface area contributed by atoms with Crippen LogP contribution in [0.5, 0.6) is 0 Å². The van der Waals surface area contributed by atoms with Crippen LogP contribution in [0.1, 0.15) is 22.1 Å². The number of halogens is 2. The average molecular weight is 311 g/mol. The number of aromatic nitrogens is 3. The number of carboxylic acid groups (broad SMARTS) is 1. The fraction of sp³-hybridized carbons (Fsp3) is 0.308. The normalized spacial score (nSPS) is 15.9.